The zero-order valence-electron chi connectivity index (χ0n) is 12.4. The van der Waals surface area contributed by atoms with Crippen molar-refractivity contribution in [3.8, 4) is 0 Å². The third-order valence-corrected chi connectivity index (χ3v) is 3.86. The van der Waals surface area contributed by atoms with Crippen molar-refractivity contribution < 1.29 is 14.3 Å². The third kappa shape index (κ3) is 5.25. The Labute approximate surface area is 133 Å². The van der Waals surface area contributed by atoms with Crippen LogP contribution in [0.4, 0.5) is 4.39 Å². The van der Waals surface area contributed by atoms with Crippen molar-refractivity contribution in [3.63, 3.8) is 0 Å². The Hall–Kier alpha value is -1.20. The first-order valence-corrected chi connectivity index (χ1v) is 7.87. The van der Waals surface area contributed by atoms with Crippen LogP contribution in [-0.4, -0.2) is 35.1 Å². The van der Waals surface area contributed by atoms with Gasteiger partial charge in [-0.05, 0) is 37.1 Å². The van der Waals surface area contributed by atoms with Crippen LogP contribution in [0.2, 0.25) is 0 Å². The van der Waals surface area contributed by atoms with Gasteiger partial charge in [0.05, 0.1) is 6.61 Å². The van der Waals surface area contributed by atoms with Gasteiger partial charge in [0.2, 0.25) is 5.91 Å². The van der Waals surface area contributed by atoms with Gasteiger partial charge in [0.1, 0.15) is 5.82 Å². The summed E-state index contributed by atoms with van der Waals surface area (Å²) in [6, 6.07) is 4.66. The minimum atomic E-state index is -0.376. The molecule has 0 saturated carbocycles. The SMILES string of the molecule is CCC(CC)N(CCO)C(=O)C=Cc1cc(Br)ccc1F. The number of benzene rings is 1. The second-order valence-electron chi connectivity index (χ2n) is 4.72. The lowest BCUT2D eigenvalue weighted by molar-refractivity contribution is -0.128. The summed E-state index contributed by atoms with van der Waals surface area (Å²) in [7, 11) is 0. The molecular weight excluding hydrogens is 337 g/mol. The number of rotatable bonds is 7. The van der Waals surface area contributed by atoms with Crippen molar-refractivity contribution in [2.45, 2.75) is 32.7 Å². The molecule has 0 aliphatic rings. The second-order valence-corrected chi connectivity index (χ2v) is 5.64. The first-order chi connectivity index (χ1) is 10.0. The molecule has 0 spiro atoms. The summed E-state index contributed by atoms with van der Waals surface area (Å²) in [6.45, 7) is 4.21. The normalized spacial score (nSPS) is 11.3. The fourth-order valence-electron chi connectivity index (χ4n) is 2.21. The zero-order valence-corrected chi connectivity index (χ0v) is 13.9. The lowest BCUT2D eigenvalue weighted by Gasteiger charge is -2.29. The maximum absolute atomic E-state index is 13.6. The minimum absolute atomic E-state index is 0.0820. The number of hydrogen-bond donors (Lipinski definition) is 1. The number of aliphatic hydroxyl groups is 1. The molecule has 0 aromatic heterocycles. The minimum Gasteiger partial charge on any atom is -0.395 e. The summed E-state index contributed by atoms with van der Waals surface area (Å²) in [4.78, 5) is 13.9. The molecule has 0 unspecified atom stereocenters. The lowest BCUT2D eigenvalue weighted by atomic mass is 10.1. The van der Waals surface area contributed by atoms with Crippen molar-refractivity contribution in [2.75, 3.05) is 13.2 Å². The molecule has 0 aliphatic heterocycles. The van der Waals surface area contributed by atoms with Gasteiger partial charge in [-0.3, -0.25) is 4.79 Å². The van der Waals surface area contributed by atoms with E-state index in [1.807, 2.05) is 13.8 Å². The van der Waals surface area contributed by atoms with Gasteiger partial charge in [-0.25, -0.2) is 4.39 Å². The summed E-state index contributed by atoms with van der Waals surface area (Å²) in [5.74, 6) is -0.587. The topological polar surface area (TPSA) is 40.5 Å². The molecule has 0 radical (unpaired) electrons. The average Bonchev–Trinajstić information content (AvgIpc) is 2.48. The van der Waals surface area contributed by atoms with E-state index in [2.05, 4.69) is 15.9 Å². The number of carbonyl (C=O) groups excluding carboxylic acids is 1. The Bertz CT molecular complexity index is 501. The van der Waals surface area contributed by atoms with Crippen LogP contribution in [0.5, 0.6) is 0 Å². The molecule has 0 heterocycles. The Morgan fingerprint density at radius 2 is 2.10 bits per heavy atom. The predicted octanol–water partition coefficient (Wildman–Crippen LogP) is 3.61. The Balaban J connectivity index is 2.89. The van der Waals surface area contributed by atoms with Crippen LogP contribution in [0.25, 0.3) is 6.08 Å². The van der Waals surface area contributed by atoms with Crippen molar-refractivity contribution in [1.29, 1.82) is 0 Å². The zero-order chi connectivity index (χ0) is 15.8. The summed E-state index contributed by atoms with van der Waals surface area (Å²) < 4.78 is 14.4. The average molecular weight is 358 g/mol. The number of nitrogens with zero attached hydrogens (tertiary/aromatic N) is 1. The van der Waals surface area contributed by atoms with Gasteiger partial charge in [0, 0.05) is 28.7 Å². The van der Waals surface area contributed by atoms with Crippen LogP contribution < -0.4 is 0 Å². The van der Waals surface area contributed by atoms with Gasteiger partial charge in [0.25, 0.3) is 0 Å². The first-order valence-electron chi connectivity index (χ1n) is 7.08. The quantitative estimate of drug-likeness (QED) is 0.757. The Morgan fingerprint density at radius 1 is 1.43 bits per heavy atom. The second kappa shape index (κ2) is 8.95. The lowest BCUT2D eigenvalue weighted by Crippen LogP contribution is -2.40. The molecule has 1 aromatic carbocycles. The van der Waals surface area contributed by atoms with Crippen molar-refractivity contribution >= 4 is 27.9 Å². The molecule has 0 aliphatic carbocycles. The number of halogens is 2. The van der Waals surface area contributed by atoms with Crippen molar-refractivity contribution in [3.05, 3.63) is 40.1 Å². The number of amides is 1. The first kappa shape index (κ1) is 17.9. The van der Waals surface area contributed by atoms with Crippen LogP contribution in [0.3, 0.4) is 0 Å². The molecule has 5 heteroatoms. The van der Waals surface area contributed by atoms with Gasteiger partial charge in [-0.2, -0.15) is 0 Å². The van der Waals surface area contributed by atoms with Gasteiger partial charge in [-0.15, -0.1) is 0 Å². The molecule has 0 bridgehead atoms. The largest absolute Gasteiger partial charge is 0.395 e. The van der Waals surface area contributed by atoms with E-state index >= 15 is 0 Å². The van der Waals surface area contributed by atoms with Gasteiger partial charge < -0.3 is 10.0 Å². The van der Waals surface area contributed by atoms with Crippen LogP contribution in [0, 0.1) is 5.82 Å². The van der Waals surface area contributed by atoms with E-state index in [1.54, 1.807) is 17.0 Å². The smallest absolute Gasteiger partial charge is 0.246 e. The molecule has 3 nitrogen and oxygen atoms in total. The highest BCUT2D eigenvalue weighted by atomic mass is 79.9. The van der Waals surface area contributed by atoms with Crippen molar-refractivity contribution in [1.82, 2.24) is 4.90 Å². The molecule has 1 rings (SSSR count). The van der Waals surface area contributed by atoms with Gasteiger partial charge >= 0.3 is 0 Å². The molecule has 1 N–H and O–H groups in total. The highest BCUT2D eigenvalue weighted by Crippen LogP contribution is 2.17. The maximum Gasteiger partial charge on any atom is 0.246 e. The molecule has 1 amide bonds. The number of hydrogen-bond acceptors (Lipinski definition) is 2. The van der Waals surface area contributed by atoms with E-state index in [0.717, 1.165) is 17.3 Å². The highest BCUT2D eigenvalue weighted by molar-refractivity contribution is 9.10. The van der Waals surface area contributed by atoms with E-state index in [9.17, 15) is 9.18 Å². The summed E-state index contributed by atoms with van der Waals surface area (Å²) in [5, 5.41) is 9.11. The predicted molar refractivity (Wildman–Crippen MR) is 86.3 cm³/mol. The van der Waals surface area contributed by atoms with E-state index < -0.39 is 0 Å². The summed E-state index contributed by atoms with van der Waals surface area (Å²) in [6.07, 6.45) is 4.47. The van der Waals surface area contributed by atoms with Crippen molar-refractivity contribution in [2.24, 2.45) is 0 Å². The van der Waals surface area contributed by atoms with Crippen LogP contribution in [-0.2, 0) is 4.79 Å². The van der Waals surface area contributed by atoms with Gasteiger partial charge in [-0.1, -0.05) is 29.8 Å². The van der Waals surface area contributed by atoms with Crippen LogP contribution in [0.1, 0.15) is 32.3 Å². The molecule has 0 saturated heterocycles. The summed E-state index contributed by atoms with van der Waals surface area (Å²) >= 11 is 3.27. The Kier molecular flexibility index (Phi) is 7.61. The van der Waals surface area contributed by atoms with Crippen LogP contribution >= 0.6 is 15.9 Å². The van der Waals surface area contributed by atoms with Gasteiger partial charge in [0.15, 0.2) is 0 Å². The molecule has 116 valence electrons. The van der Waals surface area contributed by atoms with Crippen LogP contribution in [0.15, 0.2) is 28.7 Å². The fraction of sp³-hybridized carbons (Fsp3) is 0.438. The molecule has 1 aromatic rings. The number of carbonyl (C=O) groups is 1. The maximum atomic E-state index is 13.6. The molecule has 0 fully saturated rings. The molecule has 21 heavy (non-hydrogen) atoms. The van der Waals surface area contributed by atoms with E-state index in [4.69, 9.17) is 5.11 Å². The molecule has 0 atom stereocenters. The monoisotopic (exact) mass is 357 g/mol. The van der Waals surface area contributed by atoms with E-state index in [1.165, 1.54) is 18.2 Å². The highest BCUT2D eigenvalue weighted by Gasteiger charge is 2.18. The molecular formula is C16H21BrFNO2. The summed E-state index contributed by atoms with van der Waals surface area (Å²) in [5.41, 5.74) is 0.353. The fourth-order valence-corrected chi connectivity index (χ4v) is 2.59. The van der Waals surface area contributed by atoms with E-state index in [-0.39, 0.29) is 30.9 Å². The number of aliphatic hydroxyl groups excluding tert-OH is 1. The third-order valence-electron chi connectivity index (χ3n) is 3.37. The Morgan fingerprint density at radius 3 is 2.67 bits per heavy atom. The standard InChI is InChI=1S/C16H21BrFNO2/c1-3-14(4-2)19(9-10-20)16(21)8-5-12-11-13(17)6-7-15(12)18/h5-8,11,14,20H,3-4,9-10H2,1-2H3. The van der Waals surface area contributed by atoms with E-state index in [0.29, 0.717) is 5.56 Å².